The smallest absolute Gasteiger partial charge is 0.128 e. The average Bonchev–Trinajstić information content (AvgIpc) is 2.62. The highest BCUT2D eigenvalue weighted by atomic mass is 16.5. The van der Waals surface area contributed by atoms with Crippen LogP contribution in [-0.2, 0) is 13.1 Å². The van der Waals surface area contributed by atoms with Crippen molar-refractivity contribution in [1.29, 1.82) is 0 Å². The van der Waals surface area contributed by atoms with Gasteiger partial charge >= 0.3 is 0 Å². The van der Waals surface area contributed by atoms with Crippen LogP contribution >= 0.6 is 0 Å². The molecule has 0 fully saturated rings. The van der Waals surface area contributed by atoms with Crippen LogP contribution in [0.5, 0.6) is 11.5 Å². The Bertz CT molecular complexity index is 781. The van der Waals surface area contributed by atoms with Crippen molar-refractivity contribution in [1.82, 2.24) is 0 Å². The van der Waals surface area contributed by atoms with Crippen LogP contribution in [0.1, 0.15) is 11.1 Å². The maximum absolute atomic E-state index is 5.55. The average molecular weight is 308 g/mol. The van der Waals surface area contributed by atoms with Gasteiger partial charge in [-0.15, -0.1) is 0 Å². The minimum atomic E-state index is 0.885. The summed E-state index contributed by atoms with van der Waals surface area (Å²) >= 11 is 0. The van der Waals surface area contributed by atoms with Gasteiger partial charge < -0.3 is 14.8 Å². The number of nitrogens with two attached hydrogens (primary N) is 1. The molecule has 0 amide bonds. The van der Waals surface area contributed by atoms with E-state index in [1.807, 2.05) is 12.1 Å². The van der Waals surface area contributed by atoms with Crippen molar-refractivity contribution in [3.05, 3.63) is 71.8 Å². The summed E-state index contributed by atoms with van der Waals surface area (Å²) in [6.07, 6.45) is 0. The molecular formula is C20H22NO2+. The van der Waals surface area contributed by atoms with E-state index in [0.717, 1.165) is 24.6 Å². The first kappa shape index (κ1) is 15.4. The van der Waals surface area contributed by atoms with E-state index in [-0.39, 0.29) is 0 Å². The van der Waals surface area contributed by atoms with E-state index < -0.39 is 0 Å². The van der Waals surface area contributed by atoms with Crippen LogP contribution in [0.2, 0.25) is 0 Å². The Morgan fingerprint density at radius 3 is 2.30 bits per heavy atom. The molecule has 0 aliphatic heterocycles. The molecule has 3 nitrogen and oxygen atoms in total. The molecule has 0 aromatic heterocycles. The molecule has 2 N–H and O–H groups in total. The van der Waals surface area contributed by atoms with Crippen LogP contribution in [0.15, 0.2) is 60.7 Å². The van der Waals surface area contributed by atoms with E-state index in [1.54, 1.807) is 14.2 Å². The zero-order valence-corrected chi connectivity index (χ0v) is 13.6. The highest BCUT2D eigenvalue weighted by Crippen LogP contribution is 2.27. The van der Waals surface area contributed by atoms with Crippen LogP contribution < -0.4 is 14.8 Å². The lowest BCUT2D eigenvalue weighted by Gasteiger charge is -2.11. The van der Waals surface area contributed by atoms with Gasteiger partial charge in [0, 0.05) is 5.56 Å². The number of fused-ring (bicyclic) bond motifs is 1. The fraction of sp³-hybridized carbons (Fsp3) is 0.200. The SMILES string of the molecule is COc1ccc(C[NH2+]Cc2c(OC)ccc3ccccc23)cc1. The van der Waals surface area contributed by atoms with Gasteiger partial charge in [0.15, 0.2) is 0 Å². The third-order valence-corrected chi connectivity index (χ3v) is 4.11. The van der Waals surface area contributed by atoms with Crippen LogP contribution in [0.4, 0.5) is 0 Å². The summed E-state index contributed by atoms with van der Waals surface area (Å²) < 4.78 is 10.7. The fourth-order valence-corrected chi connectivity index (χ4v) is 2.86. The maximum atomic E-state index is 5.55. The Labute approximate surface area is 136 Å². The Morgan fingerprint density at radius 1 is 0.783 bits per heavy atom. The first-order valence-electron chi connectivity index (χ1n) is 7.81. The van der Waals surface area contributed by atoms with Gasteiger partial charge in [0.1, 0.15) is 24.6 Å². The predicted octanol–water partition coefficient (Wildman–Crippen LogP) is 3.12. The molecule has 3 aromatic rings. The van der Waals surface area contributed by atoms with Crippen LogP contribution in [0.25, 0.3) is 10.8 Å². The second kappa shape index (κ2) is 7.16. The fourth-order valence-electron chi connectivity index (χ4n) is 2.86. The van der Waals surface area contributed by atoms with Crippen molar-refractivity contribution in [3.8, 4) is 11.5 Å². The summed E-state index contributed by atoms with van der Waals surface area (Å²) in [5.74, 6) is 1.85. The second-order valence-electron chi connectivity index (χ2n) is 5.51. The minimum Gasteiger partial charge on any atom is -0.497 e. The number of benzene rings is 3. The standard InChI is InChI=1S/C20H21NO2/c1-22-17-10-7-15(8-11-17)13-21-14-19-18-6-4-3-5-16(18)9-12-20(19)23-2/h3-12,21H,13-14H2,1-2H3/p+1. The molecule has 3 aromatic carbocycles. The summed E-state index contributed by atoms with van der Waals surface area (Å²) in [7, 11) is 3.42. The van der Waals surface area contributed by atoms with E-state index in [2.05, 4.69) is 53.8 Å². The number of ether oxygens (including phenoxy) is 2. The molecule has 0 atom stereocenters. The number of hydrogen-bond acceptors (Lipinski definition) is 2. The van der Waals surface area contributed by atoms with E-state index in [4.69, 9.17) is 9.47 Å². The Hall–Kier alpha value is -2.52. The summed E-state index contributed by atoms with van der Waals surface area (Å²) in [4.78, 5) is 0. The summed E-state index contributed by atoms with van der Waals surface area (Å²) in [5, 5.41) is 4.81. The van der Waals surface area contributed by atoms with Crippen molar-refractivity contribution in [2.24, 2.45) is 0 Å². The maximum Gasteiger partial charge on any atom is 0.128 e. The third-order valence-electron chi connectivity index (χ3n) is 4.11. The molecule has 0 aliphatic carbocycles. The first-order valence-corrected chi connectivity index (χ1v) is 7.81. The predicted molar refractivity (Wildman–Crippen MR) is 92.8 cm³/mol. The van der Waals surface area contributed by atoms with Gasteiger partial charge in [0.05, 0.1) is 19.8 Å². The van der Waals surface area contributed by atoms with Gasteiger partial charge in [0.25, 0.3) is 0 Å². The van der Waals surface area contributed by atoms with Crippen LogP contribution in [0, 0.1) is 0 Å². The number of quaternary nitrogens is 1. The largest absolute Gasteiger partial charge is 0.497 e. The molecule has 0 aliphatic rings. The lowest BCUT2D eigenvalue weighted by Crippen LogP contribution is -2.80. The normalized spacial score (nSPS) is 10.7. The van der Waals surface area contributed by atoms with E-state index in [1.165, 1.54) is 21.9 Å². The zero-order chi connectivity index (χ0) is 16.1. The molecule has 0 spiro atoms. The lowest BCUT2D eigenvalue weighted by molar-refractivity contribution is -0.686. The topological polar surface area (TPSA) is 35.1 Å². The molecule has 23 heavy (non-hydrogen) atoms. The van der Waals surface area contributed by atoms with Crippen LogP contribution in [0.3, 0.4) is 0 Å². The summed E-state index contributed by atoms with van der Waals surface area (Å²) in [5.41, 5.74) is 2.53. The molecule has 3 heteroatoms. The van der Waals surface area contributed by atoms with E-state index in [9.17, 15) is 0 Å². The first-order chi connectivity index (χ1) is 11.3. The van der Waals surface area contributed by atoms with Gasteiger partial charge in [-0.1, -0.05) is 30.3 Å². The zero-order valence-electron chi connectivity index (χ0n) is 13.6. The molecular weight excluding hydrogens is 286 g/mol. The molecule has 0 unspecified atom stereocenters. The molecule has 0 radical (unpaired) electrons. The van der Waals surface area contributed by atoms with Crippen molar-refractivity contribution in [2.75, 3.05) is 14.2 Å². The molecule has 0 bridgehead atoms. The highest BCUT2D eigenvalue weighted by molar-refractivity contribution is 5.87. The quantitative estimate of drug-likeness (QED) is 0.759. The van der Waals surface area contributed by atoms with Crippen molar-refractivity contribution in [2.45, 2.75) is 13.1 Å². The van der Waals surface area contributed by atoms with Crippen molar-refractivity contribution < 1.29 is 14.8 Å². The van der Waals surface area contributed by atoms with E-state index >= 15 is 0 Å². The minimum absolute atomic E-state index is 0.885. The molecule has 0 saturated heterocycles. The van der Waals surface area contributed by atoms with Crippen LogP contribution in [-0.4, -0.2) is 14.2 Å². The number of hydrogen-bond donors (Lipinski definition) is 1. The van der Waals surface area contributed by atoms with Crippen molar-refractivity contribution in [3.63, 3.8) is 0 Å². The molecule has 118 valence electrons. The van der Waals surface area contributed by atoms with Gasteiger partial charge in [0.2, 0.25) is 0 Å². The summed E-state index contributed by atoms with van der Waals surface area (Å²) in [6, 6.07) is 20.8. The second-order valence-corrected chi connectivity index (χ2v) is 5.51. The van der Waals surface area contributed by atoms with Crippen molar-refractivity contribution >= 4 is 10.8 Å². The Balaban J connectivity index is 1.75. The Kier molecular flexibility index (Phi) is 4.79. The van der Waals surface area contributed by atoms with E-state index in [0.29, 0.717) is 0 Å². The van der Waals surface area contributed by atoms with Gasteiger partial charge in [-0.3, -0.25) is 0 Å². The number of rotatable bonds is 6. The molecule has 0 heterocycles. The van der Waals surface area contributed by atoms with Gasteiger partial charge in [-0.05, 0) is 41.1 Å². The monoisotopic (exact) mass is 308 g/mol. The highest BCUT2D eigenvalue weighted by Gasteiger charge is 2.09. The number of methoxy groups -OCH3 is 2. The van der Waals surface area contributed by atoms with Gasteiger partial charge in [-0.25, -0.2) is 0 Å². The Morgan fingerprint density at radius 2 is 1.57 bits per heavy atom. The third kappa shape index (κ3) is 3.46. The lowest BCUT2D eigenvalue weighted by atomic mass is 10.0. The molecule has 0 saturated carbocycles. The molecule has 3 rings (SSSR count). The summed E-state index contributed by atoms with van der Waals surface area (Å²) in [6.45, 7) is 1.81. The van der Waals surface area contributed by atoms with Gasteiger partial charge in [-0.2, -0.15) is 0 Å².